The smallest absolute Gasteiger partial charge is 0.331 e. The summed E-state index contributed by atoms with van der Waals surface area (Å²) in [7, 11) is 0. The zero-order valence-corrected chi connectivity index (χ0v) is 9.20. The van der Waals surface area contributed by atoms with Crippen LogP contribution in [0.25, 0.3) is 6.08 Å². The lowest BCUT2D eigenvalue weighted by molar-refractivity contribution is -0.132. The Kier molecular flexibility index (Phi) is 3.10. The van der Waals surface area contributed by atoms with E-state index in [-0.39, 0.29) is 19.0 Å². The fourth-order valence-corrected chi connectivity index (χ4v) is 1.61. The first kappa shape index (κ1) is 11.6. The molecule has 1 aromatic carbocycles. The van der Waals surface area contributed by atoms with Crippen molar-refractivity contribution in [1.82, 2.24) is 0 Å². The summed E-state index contributed by atoms with van der Waals surface area (Å²) in [5.41, 5.74) is 1.12. The monoisotopic (exact) mass is 238 g/mol. The summed E-state index contributed by atoms with van der Waals surface area (Å²) in [6.07, 6.45) is 1.38. The maximum absolute atomic E-state index is 13.3. The summed E-state index contributed by atoms with van der Waals surface area (Å²) >= 11 is 0. The molecule has 17 heavy (non-hydrogen) atoms. The highest BCUT2D eigenvalue weighted by molar-refractivity contribution is 5.92. The quantitative estimate of drug-likeness (QED) is 0.802. The third-order valence-electron chi connectivity index (χ3n) is 2.41. The summed E-state index contributed by atoms with van der Waals surface area (Å²) in [6.45, 7) is 1.80. The van der Waals surface area contributed by atoms with Crippen LogP contribution in [0, 0.1) is 5.82 Å². The molecule has 4 nitrogen and oxygen atoms in total. The third-order valence-corrected chi connectivity index (χ3v) is 2.41. The van der Waals surface area contributed by atoms with E-state index in [2.05, 4.69) is 0 Å². The number of fused-ring (bicyclic) bond motifs is 1. The summed E-state index contributed by atoms with van der Waals surface area (Å²) < 4.78 is 23.6. The van der Waals surface area contributed by atoms with Crippen molar-refractivity contribution in [3.8, 4) is 5.75 Å². The number of benzene rings is 1. The van der Waals surface area contributed by atoms with Crippen molar-refractivity contribution >= 4 is 12.0 Å². The van der Waals surface area contributed by atoms with Gasteiger partial charge in [-0.15, -0.1) is 0 Å². The molecule has 0 unspecified atom stereocenters. The van der Waals surface area contributed by atoms with Crippen LogP contribution in [0.3, 0.4) is 0 Å². The van der Waals surface area contributed by atoms with Crippen LogP contribution in [0.4, 0.5) is 4.39 Å². The summed E-state index contributed by atoms with van der Waals surface area (Å²) in [6, 6.07) is 2.57. The van der Waals surface area contributed by atoms with Gasteiger partial charge in [-0.3, -0.25) is 0 Å². The molecule has 1 aliphatic rings. The fourth-order valence-electron chi connectivity index (χ4n) is 1.61. The third kappa shape index (κ3) is 2.45. The SMILES string of the molecule is C/C(=C\c1cc(F)cc2c1OCOC2)C(=O)O. The van der Waals surface area contributed by atoms with Gasteiger partial charge in [0, 0.05) is 16.7 Å². The van der Waals surface area contributed by atoms with Gasteiger partial charge in [0.2, 0.25) is 0 Å². The highest BCUT2D eigenvalue weighted by atomic mass is 19.1. The lowest BCUT2D eigenvalue weighted by atomic mass is 10.1. The van der Waals surface area contributed by atoms with Crippen LogP contribution in [0.2, 0.25) is 0 Å². The van der Waals surface area contributed by atoms with Crippen LogP contribution in [0.15, 0.2) is 17.7 Å². The van der Waals surface area contributed by atoms with E-state index in [1.165, 1.54) is 25.1 Å². The summed E-state index contributed by atoms with van der Waals surface area (Å²) in [5.74, 6) is -1.00. The van der Waals surface area contributed by atoms with Crippen molar-refractivity contribution in [3.05, 3.63) is 34.6 Å². The highest BCUT2D eigenvalue weighted by Gasteiger charge is 2.16. The molecule has 0 bridgehead atoms. The fraction of sp³-hybridized carbons (Fsp3) is 0.250. The Morgan fingerprint density at radius 3 is 3.00 bits per heavy atom. The number of aliphatic carboxylic acids is 1. The highest BCUT2D eigenvalue weighted by Crippen LogP contribution is 2.30. The molecule has 0 fully saturated rings. The standard InChI is InChI=1S/C12H11FO4/c1-7(12(14)15)2-8-3-10(13)4-9-5-16-6-17-11(8)9/h2-4H,5-6H2,1H3,(H,14,15)/b7-2+. The van der Waals surface area contributed by atoms with Crippen LogP contribution >= 0.6 is 0 Å². The van der Waals surface area contributed by atoms with Crippen molar-refractivity contribution in [1.29, 1.82) is 0 Å². The lowest BCUT2D eigenvalue weighted by Crippen LogP contribution is -2.13. The Hall–Kier alpha value is -1.88. The van der Waals surface area contributed by atoms with E-state index < -0.39 is 11.8 Å². The Morgan fingerprint density at radius 2 is 2.29 bits per heavy atom. The van der Waals surface area contributed by atoms with E-state index in [9.17, 15) is 9.18 Å². The Morgan fingerprint density at radius 1 is 1.53 bits per heavy atom. The molecular formula is C12H11FO4. The van der Waals surface area contributed by atoms with E-state index in [0.29, 0.717) is 16.9 Å². The minimum atomic E-state index is -1.05. The molecule has 2 rings (SSSR count). The zero-order chi connectivity index (χ0) is 12.4. The average Bonchev–Trinajstić information content (AvgIpc) is 2.28. The Labute approximate surface area is 97.3 Å². The average molecular weight is 238 g/mol. The van der Waals surface area contributed by atoms with Crippen molar-refractivity contribution < 1.29 is 23.8 Å². The second-order valence-corrected chi connectivity index (χ2v) is 3.73. The number of hydrogen-bond donors (Lipinski definition) is 1. The Balaban J connectivity index is 2.49. The molecule has 1 heterocycles. The molecule has 1 aliphatic heterocycles. The topological polar surface area (TPSA) is 55.8 Å². The molecule has 0 amide bonds. The van der Waals surface area contributed by atoms with Crippen molar-refractivity contribution in [2.75, 3.05) is 6.79 Å². The van der Waals surface area contributed by atoms with Gasteiger partial charge in [-0.2, -0.15) is 0 Å². The van der Waals surface area contributed by atoms with Gasteiger partial charge in [-0.05, 0) is 25.1 Å². The molecule has 0 aromatic heterocycles. The molecule has 0 radical (unpaired) electrons. The minimum Gasteiger partial charge on any atom is -0.478 e. The molecule has 0 atom stereocenters. The van der Waals surface area contributed by atoms with Crippen molar-refractivity contribution in [3.63, 3.8) is 0 Å². The van der Waals surface area contributed by atoms with Gasteiger partial charge in [-0.1, -0.05) is 0 Å². The second-order valence-electron chi connectivity index (χ2n) is 3.73. The maximum Gasteiger partial charge on any atom is 0.331 e. The number of rotatable bonds is 2. The minimum absolute atomic E-state index is 0.0889. The van der Waals surface area contributed by atoms with E-state index in [4.69, 9.17) is 14.6 Å². The number of carboxylic acid groups (broad SMARTS) is 1. The Bertz CT molecular complexity index is 494. The summed E-state index contributed by atoms with van der Waals surface area (Å²) in [5, 5.41) is 8.79. The first-order valence-electron chi connectivity index (χ1n) is 5.02. The van der Waals surface area contributed by atoms with Crippen LogP contribution in [-0.4, -0.2) is 17.9 Å². The van der Waals surface area contributed by atoms with Gasteiger partial charge in [0.1, 0.15) is 11.6 Å². The van der Waals surface area contributed by atoms with Crippen LogP contribution in [0.5, 0.6) is 5.75 Å². The van der Waals surface area contributed by atoms with E-state index in [1.807, 2.05) is 0 Å². The normalized spacial score (nSPS) is 15.1. The van der Waals surface area contributed by atoms with Crippen molar-refractivity contribution in [2.45, 2.75) is 13.5 Å². The van der Waals surface area contributed by atoms with Gasteiger partial charge < -0.3 is 14.6 Å². The molecule has 0 saturated heterocycles. The summed E-state index contributed by atoms with van der Waals surface area (Å²) in [4.78, 5) is 10.7. The molecule has 5 heteroatoms. The molecule has 0 spiro atoms. The van der Waals surface area contributed by atoms with Gasteiger partial charge in [-0.25, -0.2) is 9.18 Å². The number of ether oxygens (including phenoxy) is 2. The predicted octanol–water partition coefficient (Wildman–Crippen LogP) is 2.18. The molecule has 90 valence electrons. The van der Waals surface area contributed by atoms with Gasteiger partial charge in [0.25, 0.3) is 0 Å². The van der Waals surface area contributed by atoms with Crippen molar-refractivity contribution in [2.24, 2.45) is 0 Å². The van der Waals surface area contributed by atoms with Gasteiger partial charge in [0.05, 0.1) is 6.61 Å². The van der Waals surface area contributed by atoms with Crippen LogP contribution in [-0.2, 0) is 16.1 Å². The van der Waals surface area contributed by atoms with Crippen LogP contribution < -0.4 is 4.74 Å². The van der Waals surface area contributed by atoms with Gasteiger partial charge >= 0.3 is 5.97 Å². The molecule has 0 aliphatic carbocycles. The van der Waals surface area contributed by atoms with Crippen LogP contribution in [0.1, 0.15) is 18.1 Å². The molecule has 0 saturated carbocycles. The predicted molar refractivity (Wildman–Crippen MR) is 58.0 cm³/mol. The van der Waals surface area contributed by atoms with E-state index >= 15 is 0 Å². The first-order valence-corrected chi connectivity index (χ1v) is 5.02. The first-order chi connectivity index (χ1) is 8.08. The van der Waals surface area contributed by atoms with E-state index in [0.717, 1.165) is 0 Å². The number of carbonyl (C=O) groups is 1. The molecular weight excluding hydrogens is 227 g/mol. The lowest BCUT2D eigenvalue weighted by Gasteiger charge is -2.19. The number of carboxylic acids is 1. The van der Waals surface area contributed by atoms with E-state index in [1.54, 1.807) is 0 Å². The number of halogens is 1. The second kappa shape index (κ2) is 4.55. The zero-order valence-electron chi connectivity index (χ0n) is 9.20. The molecule has 1 N–H and O–H groups in total. The maximum atomic E-state index is 13.3. The van der Waals surface area contributed by atoms with Gasteiger partial charge in [0.15, 0.2) is 6.79 Å². The largest absolute Gasteiger partial charge is 0.478 e. The number of hydrogen-bond acceptors (Lipinski definition) is 3. The molecule has 1 aromatic rings.